The summed E-state index contributed by atoms with van der Waals surface area (Å²) >= 11 is 0. The molecular weight excluding hydrogens is 194 g/mol. The van der Waals surface area contributed by atoms with Gasteiger partial charge in [-0.25, -0.2) is 0 Å². The SMILES string of the molecule is COCOCC1CNc2ccccc2O1. The second-order valence-electron chi connectivity index (χ2n) is 3.39. The van der Waals surface area contributed by atoms with Crippen LogP contribution in [0.4, 0.5) is 5.69 Å². The van der Waals surface area contributed by atoms with E-state index in [0.29, 0.717) is 13.4 Å². The number of hydrogen-bond donors (Lipinski definition) is 1. The lowest BCUT2D eigenvalue weighted by atomic mass is 10.2. The minimum absolute atomic E-state index is 0.0510. The molecule has 0 bridgehead atoms. The molecule has 0 aliphatic carbocycles. The monoisotopic (exact) mass is 209 g/mol. The van der Waals surface area contributed by atoms with Crippen LogP contribution < -0.4 is 10.1 Å². The molecule has 0 fully saturated rings. The number of hydrogen-bond acceptors (Lipinski definition) is 4. The van der Waals surface area contributed by atoms with Crippen molar-refractivity contribution in [2.24, 2.45) is 0 Å². The summed E-state index contributed by atoms with van der Waals surface area (Å²) in [6.45, 7) is 1.61. The number of para-hydroxylation sites is 2. The van der Waals surface area contributed by atoms with Crippen molar-refractivity contribution in [3.05, 3.63) is 24.3 Å². The van der Waals surface area contributed by atoms with E-state index in [-0.39, 0.29) is 6.10 Å². The highest BCUT2D eigenvalue weighted by molar-refractivity contribution is 5.57. The Labute approximate surface area is 89.1 Å². The van der Waals surface area contributed by atoms with Crippen molar-refractivity contribution in [1.82, 2.24) is 0 Å². The summed E-state index contributed by atoms with van der Waals surface area (Å²) in [5, 5.41) is 3.29. The van der Waals surface area contributed by atoms with Crippen molar-refractivity contribution < 1.29 is 14.2 Å². The summed E-state index contributed by atoms with van der Waals surface area (Å²) in [5.41, 5.74) is 1.04. The first-order chi connectivity index (χ1) is 7.40. The third-order valence-corrected chi connectivity index (χ3v) is 2.21. The first kappa shape index (κ1) is 10.3. The van der Waals surface area contributed by atoms with Crippen LogP contribution in [0.3, 0.4) is 0 Å². The van der Waals surface area contributed by atoms with Crippen LogP contribution >= 0.6 is 0 Å². The Hall–Kier alpha value is -1.26. The fraction of sp³-hybridized carbons (Fsp3) is 0.455. The molecule has 1 aliphatic rings. The Kier molecular flexibility index (Phi) is 3.42. The minimum Gasteiger partial charge on any atom is -0.484 e. The van der Waals surface area contributed by atoms with E-state index < -0.39 is 0 Å². The number of ether oxygens (including phenoxy) is 3. The molecular formula is C11H15NO3. The standard InChI is InChI=1S/C11H15NO3/c1-13-8-14-7-9-6-12-10-4-2-3-5-11(10)15-9/h2-5,9,12H,6-8H2,1H3. The lowest BCUT2D eigenvalue weighted by Gasteiger charge is -2.26. The lowest BCUT2D eigenvalue weighted by Crippen LogP contribution is -2.34. The van der Waals surface area contributed by atoms with E-state index in [1.165, 1.54) is 0 Å². The molecule has 2 rings (SSSR count). The molecule has 15 heavy (non-hydrogen) atoms. The Bertz CT molecular complexity index is 316. The second-order valence-corrected chi connectivity index (χ2v) is 3.39. The zero-order valence-corrected chi connectivity index (χ0v) is 8.73. The van der Waals surface area contributed by atoms with Gasteiger partial charge in [0.1, 0.15) is 18.6 Å². The summed E-state index contributed by atoms with van der Waals surface area (Å²) in [4.78, 5) is 0. The Morgan fingerprint density at radius 1 is 1.47 bits per heavy atom. The molecule has 1 N–H and O–H groups in total. The first-order valence-corrected chi connectivity index (χ1v) is 4.96. The maximum absolute atomic E-state index is 5.74. The molecule has 0 amide bonds. The third-order valence-electron chi connectivity index (χ3n) is 2.21. The fourth-order valence-electron chi connectivity index (χ4n) is 1.52. The van der Waals surface area contributed by atoms with Gasteiger partial charge in [-0.3, -0.25) is 0 Å². The van der Waals surface area contributed by atoms with Gasteiger partial charge in [-0.1, -0.05) is 12.1 Å². The van der Waals surface area contributed by atoms with E-state index in [0.717, 1.165) is 18.0 Å². The van der Waals surface area contributed by atoms with Gasteiger partial charge >= 0.3 is 0 Å². The summed E-state index contributed by atoms with van der Waals surface area (Å²) in [5.74, 6) is 0.884. The van der Waals surface area contributed by atoms with E-state index >= 15 is 0 Å². The molecule has 1 heterocycles. The topological polar surface area (TPSA) is 39.7 Å². The zero-order chi connectivity index (χ0) is 10.5. The number of benzene rings is 1. The van der Waals surface area contributed by atoms with E-state index in [9.17, 15) is 0 Å². The Balaban J connectivity index is 1.88. The molecule has 1 atom stereocenters. The molecule has 0 spiro atoms. The average molecular weight is 209 g/mol. The Morgan fingerprint density at radius 3 is 3.20 bits per heavy atom. The van der Waals surface area contributed by atoms with Gasteiger partial charge in [0.15, 0.2) is 0 Å². The van der Waals surface area contributed by atoms with Crippen LogP contribution in [0.5, 0.6) is 5.75 Å². The summed E-state index contributed by atoms with van der Waals surface area (Å²) in [7, 11) is 1.61. The predicted molar refractivity (Wildman–Crippen MR) is 57.2 cm³/mol. The summed E-state index contributed by atoms with van der Waals surface area (Å²) in [6, 6.07) is 7.89. The molecule has 0 saturated heterocycles. The maximum atomic E-state index is 5.74. The number of anilines is 1. The van der Waals surface area contributed by atoms with Crippen LogP contribution in [0.2, 0.25) is 0 Å². The number of methoxy groups -OCH3 is 1. The highest BCUT2D eigenvalue weighted by Gasteiger charge is 2.18. The van der Waals surface area contributed by atoms with Crippen molar-refractivity contribution >= 4 is 5.69 Å². The van der Waals surface area contributed by atoms with Crippen LogP contribution in [0.15, 0.2) is 24.3 Å². The van der Waals surface area contributed by atoms with Crippen LogP contribution in [-0.4, -0.2) is 33.2 Å². The van der Waals surface area contributed by atoms with Gasteiger partial charge < -0.3 is 19.5 Å². The summed E-state index contributed by atoms with van der Waals surface area (Å²) in [6.07, 6.45) is 0.0510. The van der Waals surface area contributed by atoms with Gasteiger partial charge in [0, 0.05) is 7.11 Å². The van der Waals surface area contributed by atoms with Gasteiger partial charge in [0.05, 0.1) is 18.8 Å². The van der Waals surface area contributed by atoms with E-state index in [1.807, 2.05) is 24.3 Å². The fourth-order valence-corrected chi connectivity index (χ4v) is 1.52. The molecule has 1 aliphatic heterocycles. The zero-order valence-electron chi connectivity index (χ0n) is 8.73. The number of fused-ring (bicyclic) bond motifs is 1. The molecule has 82 valence electrons. The number of rotatable bonds is 4. The van der Waals surface area contributed by atoms with Crippen LogP contribution in [0.25, 0.3) is 0 Å². The molecule has 0 saturated carbocycles. The first-order valence-electron chi connectivity index (χ1n) is 4.96. The maximum Gasteiger partial charge on any atom is 0.146 e. The van der Waals surface area contributed by atoms with E-state index in [2.05, 4.69) is 5.32 Å². The molecule has 0 radical (unpaired) electrons. The van der Waals surface area contributed by atoms with E-state index in [1.54, 1.807) is 7.11 Å². The van der Waals surface area contributed by atoms with Crippen molar-refractivity contribution in [2.75, 3.05) is 32.4 Å². The van der Waals surface area contributed by atoms with Crippen molar-refractivity contribution in [2.45, 2.75) is 6.10 Å². The van der Waals surface area contributed by atoms with Gasteiger partial charge in [-0.05, 0) is 12.1 Å². The van der Waals surface area contributed by atoms with Crippen molar-refractivity contribution in [3.8, 4) is 5.75 Å². The highest BCUT2D eigenvalue weighted by atomic mass is 16.7. The van der Waals surface area contributed by atoms with Gasteiger partial charge in [0.2, 0.25) is 0 Å². The highest BCUT2D eigenvalue weighted by Crippen LogP contribution is 2.27. The van der Waals surface area contributed by atoms with Crippen LogP contribution in [-0.2, 0) is 9.47 Å². The van der Waals surface area contributed by atoms with Gasteiger partial charge in [0.25, 0.3) is 0 Å². The molecule has 1 unspecified atom stereocenters. The van der Waals surface area contributed by atoms with Gasteiger partial charge in [-0.2, -0.15) is 0 Å². The van der Waals surface area contributed by atoms with Crippen LogP contribution in [0, 0.1) is 0 Å². The Morgan fingerprint density at radius 2 is 2.33 bits per heavy atom. The second kappa shape index (κ2) is 5.00. The predicted octanol–water partition coefficient (Wildman–Crippen LogP) is 1.48. The molecule has 1 aromatic carbocycles. The van der Waals surface area contributed by atoms with Crippen molar-refractivity contribution in [3.63, 3.8) is 0 Å². The quantitative estimate of drug-likeness (QED) is 0.602. The smallest absolute Gasteiger partial charge is 0.146 e. The molecule has 4 nitrogen and oxygen atoms in total. The molecule has 4 heteroatoms. The minimum atomic E-state index is 0.0510. The molecule has 1 aromatic rings. The van der Waals surface area contributed by atoms with E-state index in [4.69, 9.17) is 14.2 Å². The normalized spacial score (nSPS) is 18.9. The lowest BCUT2D eigenvalue weighted by molar-refractivity contribution is -0.0549. The third kappa shape index (κ3) is 2.61. The molecule has 0 aromatic heterocycles. The van der Waals surface area contributed by atoms with Crippen molar-refractivity contribution in [1.29, 1.82) is 0 Å². The van der Waals surface area contributed by atoms with Crippen LogP contribution in [0.1, 0.15) is 0 Å². The average Bonchev–Trinajstić information content (AvgIpc) is 2.29. The number of nitrogens with one attached hydrogen (secondary N) is 1. The van der Waals surface area contributed by atoms with Gasteiger partial charge in [-0.15, -0.1) is 0 Å². The summed E-state index contributed by atoms with van der Waals surface area (Å²) < 4.78 is 15.8. The largest absolute Gasteiger partial charge is 0.484 e.